The number of amides is 1. The van der Waals surface area contributed by atoms with E-state index in [4.69, 9.17) is 4.74 Å². The van der Waals surface area contributed by atoms with Crippen molar-refractivity contribution < 1.29 is 33.3 Å². The van der Waals surface area contributed by atoms with Crippen molar-refractivity contribution in [2.75, 3.05) is 13.2 Å². The first kappa shape index (κ1) is 20.5. The SMILES string of the molecule is C[C@]12CCCO[C@@H]1CN1C=C(C(=O)NCc3ccc(F)cc3F)C(O)C(O)=C1C2=O. The third-order valence-corrected chi connectivity index (χ3v) is 6.06. The Labute approximate surface area is 171 Å². The lowest BCUT2D eigenvalue weighted by Gasteiger charge is -2.48. The van der Waals surface area contributed by atoms with Gasteiger partial charge in [-0.05, 0) is 25.8 Å². The smallest absolute Gasteiger partial charge is 0.252 e. The number of allylic oxidation sites excluding steroid dienone is 1. The van der Waals surface area contributed by atoms with Gasteiger partial charge in [-0.15, -0.1) is 0 Å². The van der Waals surface area contributed by atoms with E-state index in [-0.39, 0.29) is 35.7 Å². The minimum Gasteiger partial charge on any atom is -0.507 e. The number of halogens is 2. The number of rotatable bonds is 3. The first-order chi connectivity index (χ1) is 14.2. The maximum atomic E-state index is 13.8. The third kappa shape index (κ3) is 3.27. The Kier molecular flexibility index (Phi) is 5.11. The zero-order chi connectivity index (χ0) is 21.6. The normalized spacial score (nSPS) is 28.6. The molecule has 1 aromatic carbocycles. The number of hydrogen-bond acceptors (Lipinski definition) is 6. The van der Waals surface area contributed by atoms with Gasteiger partial charge in [0, 0.05) is 31.0 Å². The number of hydrogen-bond donors (Lipinski definition) is 3. The van der Waals surface area contributed by atoms with Gasteiger partial charge >= 0.3 is 0 Å². The fraction of sp³-hybridized carbons (Fsp3) is 0.429. The lowest BCUT2D eigenvalue weighted by atomic mass is 9.70. The standard InChI is InChI=1S/C21H22F2N2O5/c1-21-5-2-6-30-15(21)10-25-9-13(17(26)18(27)16(25)19(21)28)20(29)24-8-11-3-4-12(22)7-14(11)23/h3-4,7,9,15,17,26-27H,2,5-6,8,10H2,1H3,(H,24,29)/t15-,17?,21+/m1/s1. The molecule has 0 bridgehead atoms. The van der Waals surface area contributed by atoms with Crippen molar-refractivity contribution in [2.24, 2.45) is 5.41 Å². The maximum Gasteiger partial charge on any atom is 0.252 e. The molecule has 0 saturated carbocycles. The molecule has 30 heavy (non-hydrogen) atoms. The van der Waals surface area contributed by atoms with Crippen LogP contribution in [0.4, 0.5) is 8.78 Å². The van der Waals surface area contributed by atoms with Gasteiger partial charge in [0.05, 0.1) is 23.6 Å². The molecular weight excluding hydrogens is 398 g/mol. The summed E-state index contributed by atoms with van der Waals surface area (Å²) in [7, 11) is 0. The molecule has 0 spiro atoms. The Bertz CT molecular complexity index is 976. The van der Waals surface area contributed by atoms with E-state index in [1.165, 1.54) is 17.2 Å². The lowest BCUT2D eigenvalue weighted by molar-refractivity contribution is -0.151. The molecule has 1 unspecified atom stereocenters. The number of fused-ring (bicyclic) bond motifs is 2. The van der Waals surface area contributed by atoms with Crippen LogP contribution in [0.3, 0.4) is 0 Å². The van der Waals surface area contributed by atoms with Gasteiger partial charge in [0.1, 0.15) is 23.4 Å². The van der Waals surface area contributed by atoms with Crippen LogP contribution in [-0.2, 0) is 20.9 Å². The van der Waals surface area contributed by atoms with E-state index in [2.05, 4.69) is 5.32 Å². The van der Waals surface area contributed by atoms with Crippen molar-refractivity contribution in [1.29, 1.82) is 0 Å². The quantitative estimate of drug-likeness (QED) is 0.688. The number of carbonyl (C=O) groups is 2. The molecule has 2 fully saturated rings. The van der Waals surface area contributed by atoms with E-state index in [1.54, 1.807) is 6.92 Å². The highest BCUT2D eigenvalue weighted by Gasteiger charge is 2.53. The van der Waals surface area contributed by atoms with E-state index >= 15 is 0 Å². The summed E-state index contributed by atoms with van der Waals surface area (Å²) in [6, 6.07) is 2.98. The summed E-state index contributed by atoms with van der Waals surface area (Å²) in [5, 5.41) is 23.4. The van der Waals surface area contributed by atoms with Crippen LogP contribution in [0.25, 0.3) is 0 Å². The Balaban J connectivity index is 1.55. The number of carbonyl (C=O) groups excluding carboxylic acids is 2. The van der Waals surface area contributed by atoms with Crippen LogP contribution < -0.4 is 5.32 Å². The van der Waals surface area contributed by atoms with Crippen LogP contribution in [0.5, 0.6) is 0 Å². The largest absolute Gasteiger partial charge is 0.507 e. The Morgan fingerprint density at radius 1 is 1.40 bits per heavy atom. The Morgan fingerprint density at radius 2 is 2.17 bits per heavy atom. The number of ether oxygens (including phenoxy) is 1. The molecule has 2 saturated heterocycles. The van der Waals surface area contributed by atoms with E-state index in [1.807, 2.05) is 0 Å². The summed E-state index contributed by atoms with van der Waals surface area (Å²) in [6.45, 7) is 2.31. The lowest BCUT2D eigenvalue weighted by Crippen LogP contribution is -2.58. The van der Waals surface area contributed by atoms with Gasteiger partial charge in [0.15, 0.2) is 11.5 Å². The Hall–Kier alpha value is -2.78. The van der Waals surface area contributed by atoms with Gasteiger partial charge in [0.2, 0.25) is 0 Å². The number of benzene rings is 1. The van der Waals surface area contributed by atoms with Crippen LogP contribution in [0.2, 0.25) is 0 Å². The number of aliphatic hydroxyl groups is 2. The zero-order valence-electron chi connectivity index (χ0n) is 16.3. The van der Waals surface area contributed by atoms with Crippen LogP contribution >= 0.6 is 0 Å². The Morgan fingerprint density at radius 3 is 2.90 bits per heavy atom. The molecule has 3 atom stereocenters. The molecule has 1 aromatic rings. The fourth-order valence-corrected chi connectivity index (χ4v) is 4.22. The van der Waals surface area contributed by atoms with E-state index < -0.39 is 40.9 Å². The molecule has 0 aromatic heterocycles. The predicted octanol–water partition coefficient (Wildman–Crippen LogP) is 1.68. The average molecular weight is 420 g/mol. The molecule has 3 aliphatic heterocycles. The summed E-state index contributed by atoms with van der Waals surface area (Å²) in [5.74, 6) is -3.22. The second-order valence-corrected chi connectivity index (χ2v) is 8.00. The number of aliphatic hydroxyl groups excluding tert-OH is 2. The van der Waals surface area contributed by atoms with Crippen LogP contribution in [0, 0.1) is 17.0 Å². The molecule has 160 valence electrons. The second kappa shape index (κ2) is 7.48. The molecule has 4 rings (SSSR count). The highest BCUT2D eigenvalue weighted by Crippen LogP contribution is 2.44. The number of nitrogens with zero attached hydrogens (tertiary/aromatic N) is 1. The van der Waals surface area contributed by atoms with Crippen molar-refractivity contribution in [3.05, 3.63) is 58.6 Å². The van der Waals surface area contributed by atoms with Crippen LogP contribution in [0.1, 0.15) is 25.3 Å². The van der Waals surface area contributed by atoms with Crippen LogP contribution in [-0.4, -0.2) is 52.2 Å². The molecular formula is C21H22F2N2O5. The van der Waals surface area contributed by atoms with Crippen molar-refractivity contribution in [3.8, 4) is 0 Å². The van der Waals surface area contributed by atoms with Gasteiger partial charge in [-0.2, -0.15) is 0 Å². The minimum atomic E-state index is -1.69. The molecule has 0 radical (unpaired) electrons. The van der Waals surface area contributed by atoms with Gasteiger partial charge in [-0.1, -0.05) is 6.07 Å². The highest BCUT2D eigenvalue weighted by molar-refractivity contribution is 6.03. The van der Waals surface area contributed by atoms with Gasteiger partial charge < -0.3 is 25.2 Å². The molecule has 3 N–H and O–H groups in total. The molecule has 1 amide bonds. The van der Waals surface area contributed by atoms with Gasteiger partial charge in [-0.3, -0.25) is 9.59 Å². The topological polar surface area (TPSA) is 99.1 Å². The number of ketones is 1. The zero-order valence-corrected chi connectivity index (χ0v) is 16.3. The monoisotopic (exact) mass is 420 g/mol. The molecule has 7 nitrogen and oxygen atoms in total. The average Bonchev–Trinajstić information content (AvgIpc) is 2.70. The van der Waals surface area contributed by atoms with Gasteiger partial charge in [-0.25, -0.2) is 8.78 Å². The minimum absolute atomic E-state index is 0.0344. The van der Waals surface area contributed by atoms with Crippen molar-refractivity contribution >= 4 is 11.7 Å². The molecule has 3 heterocycles. The first-order valence-corrected chi connectivity index (χ1v) is 9.70. The van der Waals surface area contributed by atoms with Crippen LogP contribution in [0.15, 0.2) is 41.4 Å². The summed E-state index contributed by atoms with van der Waals surface area (Å²) in [4.78, 5) is 27.1. The van der Waals surface area contributed by atoms with Crippen molar-refractivity contribution in [2.45, 2.75) is 38.5 Å². The first-order valence-electron chi connectivity index (χ1n) is 9.70. The fourth-order valence-electron chi connectivity index (χ4n) is 4.22. The van der Waals surface area contributed by atoms with Crippen molar-refractivity contribution in [3.63, 3.8) is 0 Å². The molecule has 9 heteroatoms. The summed E-state index contributed by atoms with van der Waals surface area (Å²) in [6.07, 6.45) is 0.546. The molecule has 3 aliphatic rings. The number of nitrogens with one attached hydrogen (secondary N) is 1. The molecule has 0 aliphatic carbocycles. The van der Waals surface area contributed by atoms with Gasteiger partial charge in [0.25, 0.3) is 5.91 Å². The van der Waals surface area contributed by atoms with E-state index in [0.717, 1.165) is 12.5 Å². The summed E-state index contributed by atoms with van der Waals surface area (Å²) < 4.78 is 32.6. The van der Waals surface area contributed by atoms with E-state index in [9.17, 15) is 28.6 Å². The highest BCUT2D eigenvalue weighted by atomic mass is 19.1. The summed E-state index contributed by atoms with van der Waals surface area (Å²) >= 11 is 0. The summed E-state index contributed by atoms with van der Waals surface area (Å²) in [5.41, 5.74) is -0.958. The maximum absolute atomic E-state index is 13.8. The second-order valence-electron chi connectivity index (χ2n) is 8.00. The van der Waals surface area contributed by atoms with E-state index in [0.29, 0.717) is 19.1 Å². The third-order valence-electron chi connectivity index (χ3n) is 6.06. The van der Waals surface area contributed by atoms with Crippen molar-refractivity contribution in [1.82, 2.24) is 10.2 Å². The predicted molar refractivity (Wildman–Crippen MR) is 101 cm³/mol. The number of Topliss-reactive ketones (excluding diaryl/α,β-unsaturated/α-hetero) is 1. The number of piperidine rings is 1.